The SMILES string of the molecule is O=C(NNC(=O)c1c[nH]c2ccccc12)c1ccccc1C(=O)c1ccccc1. The number of para-hydroxylation sites is 1. The molecule has 4 rings (SSSR count). The Morgan fingerprint density at radius 3 is 1.97 bits per heavy atom. The highest BCUT2D eigenvalue weighted by atomic mass is 16.2. The number of hydrazine groups is 1. The number of carbonyl (C=O) groups is 3. The maximum absolute atomic E-state index is 12.8. The molecule has 0 saturated carbocycles. The van der Waals surface area contributed by atoms with E-state index in [2.05, 4.69) is 15.8 Å². The van der Waals surface area contributed by atoms with Gasteiger partial charge in [-0.05, 0) is 12.1 Å². The maximum atomic E-state index is 12.8. The van der Waals surface area contributed by atoms with E-state index in [-0.39, 0.29) is 16.9 Å². The lowest BCUT2D eigenvalue weighted by atomic mass is 9.98. The molecular formula is C23H17N3O3. The summed E-state index contributed by atoms with van der Waals surface area (Å²) in [5.41, 5.74) is 6.96. The van der Waals surface area contributed by atoms with Crippen molar-refractivity contribution in [3.8, 4) is 0 Å². The van der Waals surface area contributed by atoms with Gasteiger partial charge in [0.1, 0.15) is 0 Å². The van der Waals surface area contributed by atoms with Gasteiger partial charge in [0, 0.05) is 28.2 Å². The highest BCUT2D eigenvalue weighted by Crippen LogP contribution is 2.17. The van der Waals surface area contributed by atoms with Crippen LogP contribution in [0, 0.1) is 0 Å². The number of aromatic nitrogens is 1. The van der Waals surface area contributed by atoms with Gasteiger partial charge in [-0.25, -0.2) is 0 Å². The van der Waals surface area contributed by atoms with Gasteiger partial charge < -0.3 is 4.98 Å². The molecule has 0 fully saturated rings. The Balaban J connectivity index is 1.52. The van der Waals surface area contributed by atoms with Crippen molar-refractivity contribution in [2.45, 2.75) is 0 Å². The van der Waals surface area contributed by atoms with E-state index in [1.165, 1.54) is 0 Å². The standard InChI is InChI=1S/C23H17N3O3/c27-21(15-8-2-1-3-9-15)17-11-4-5-12-18(17)22(28)25-26-23(29)19-14-24-20-13-7-6-10-16(19)20/h1-14,24H,(H,25,28)(H,26,29). The van der Waals surface area contributed by atoms with Crippen LogP contribution in [-0.4, -0.2) is 22.6 Å². The fourth-order valence-corrected chi connectivity index (χ4v) is 3.13. The Bertz CT molecular complexity index is 1210. The Hall–Kier alpha value is -4.19. The van der Waals surface area contributed by atoms with Crippen molar-refractivity contribution in [2.75, 3.05) is 0 Å². The molecule has 1 heterocycles. The molecule has 0 spiro atoms. The van der Waals surface area contributed by atoms with E-state index < -0.39 is 11.8 Å². The minimum atomic E-state index is -0.571. The van der Waals surface area contributed by atoms with E-state index in [9.17, 15) is 14.4 Å². The van der Waals surface area contributed by atoms with Crippen LogP contribution in [0.25, 0.3) is 10.9 Å². The highest BCUT2D eigenvalue weighted by molar-refractivity contribution is 6.15. The summed E-state index contributed by atoms with van der Waals surface area (Å²) in [6, 6.07) is 22.6. The normalized spacial score (nSPS) is 10.5. The molecule has 0 atom stereocenters. The zero-order chi connectivity index (χ0) is 20.2. The fraction of sp³-hybridized carbons (Fsp3) is 0. The number of aromatic amines is 1. The Kier molecular flexibility index (Phi) is 4.90. The summed E-state index contributed by atoms with van der Waals surface area (Å²) in [6.07, 6.45) is 1.58. The van der Waals surface area contributed by atoms with Gasteiger partial charge >= 0.3 is 0 Å². The molecule has 2 amide bonds. The quantitative estimate of drug-likeness (QED) is 0.372. The van der Waals surface area contributed by atoms with E-state index in [4.69, 9.17) is 0 Å². The van der Waals surface area contributed by atoms with Crippen molar-refractivity contribution in [1.29, 1.82) is 0 Å². The number of hydrogen-bond acceptors (Lipinski definition) is 3. The number of nitrogens with one attached hydrogen (secondary N) is 3. The first-order valence-electron chi connectivity index (χ1n) is 9.01. The van der Waals surface area contributed by atoms with Crippen LogP contribution >= 0.6 is 0 Å². The number of fused-ring (bicyclic) bond motifs is 1. The van der Waals surface area contributed by atoms with Crippen LogP contribution in [0.4, 0.5) is 0 Å². The summed E-state index contributed by atoms with van der Waals surface area (Å²) in [7, 11) is 0. The molecule has 6 heteroatoms. The minimum absolute atomic E-state index is 0.181. The van der Waals surface area contributed by atoms with Crippen LogP contribution in [-0.2, 0) is 0 Å². The lowest BCUT2D eigenvalue weighted by Crippen LogP contribution is -2.42. The zero-order valence-corrected chi connectivity index (χ0v) is 15.3. The van der Waals surface area contributed by atoms with Gasteiger partial charge in [0.15, 0.2) is 5.78 Å². The number of hydrogen-bond donors (Lipinski definition) is 3. The van der Waals surface area contributed by atoms with E-state index in [1.807, 2.05) is 30.3 Å². The summed E-state index contributed by atoms with van der Waals surface area (Å²) < 4.78 is 0. The molecule has 0 radical (unpaired) electrons. The molecular weight excluding hydrogens is 366 g/mol. The van der Waals surface area contributed by atoms with Gasteiger partial charge in [-0.15, -0.1) is 0 Å². The molecule has 0 bridgehead atoms. The molecule has 29 heavy (non-hydrogen) atoms. The third kappa shape index (κ3) is 3.64. The molecule has 0 aliphatic rings. The van der Waals surface area contributed by atoms with Gasteiger partial charge in [-0.1, -0.05) is 66.7 Å². The lowest BCUT2D eigenvalue weighted by molar-refractivity contribution is 0.0845. The van der Waals surface area contributed by atoms with Crippen molar-refractivity contribution in [3.05, 3.63) is 107 Å². The van der Waals surface area contributed by atoms with E-state index >= 15 is 0 Å². The molecule has 0 unspecified atom stereocenters. The topological polar surface area (TPSA) is 91.1 Å². The zero-order valence-electron chi connectivity index (χ0n) is 15.3. The predicted octanol–water partition coefficient (Wildman–Crippen LogP) is 3.47. The molecule has 3 aromatic carbocycles. The molecule has 0 aliphatic heterocycles. The summed E-state index contributed by atoms with van der Waals surface area (Å²) in [5.74, 6) is -1.29. The maximum Gasteiger partial charge on any atom is 0.271 e. The molecule has 0 aliphatic carbocycles. The van der Waals surface area contributed by atoms with Crippen LogP contribution < -0.4 is 10.9 Å². The number of ketones is 1. The van der Waals surface area contributed by atoms with E-state index in [0.29, 0.717) is 11.1 Å². The second kappa shape index (κ2) is 7.82. The van der Waals surface area contributed by atoms with Gasteiger partial charge in [-0.2, -0.15) is 0 Å². The number of amides is 2. The average molecular weight is 383 g/mol. The summed E-state index contributed by atoms with van der Waals surface area (Å²) in [4.78, 5) is 40.9. The van der Waals surface area contributed by atoms with Crippen molar-refractivity contribution >= 4 is 28.5 Å². The van der Waals surface area contributed by atoms with E-state index in [1.54, 1.807) is 54.7 Å². The van der Waals surface area contributed by atoms with Crippen molar-refractivity contribution in [1.82, 2.24) is 15.8 Å². The van der Waals surface area contributed by atoms with Crippen LogP contribution in [0.3, 0.4) is 0 Å². The first kappa shape index (κ1) is 18.2. The second-order valence-electron chi connectivity index (χ2n) is 6.40. The minimum Gasteiger partial charge on any atom is -0.360 e. The van der Waals surface area contributed by atoms with Crippen molar-refractivity contribution in [3.63, 3.8) is 0 Å². The van der Waals surface area contributed by atoms with Crippen molar-refractivity contribution in [2.24, 2.45) is 0 Å². The monoisotopic (exact) mass is 383 g/mol. The highest BCUT2D eigenvalue weighted by Gasteiger charge is 2.19. The van der Waals surface area contributed by atoms with Crippen LogP contribution in [0.5, 0.6) is 0 Å². The summed E-state index contributed by atoms with van der Waals surface area (Å²) in [5, 5.41) is 0.749. The lowest BCUT2D eigenvalue weighted by Gasteiger charge is -2.10. The van der Waals surface area contributed by atoms with Crippen LogP contribution in [0.15, 0.2) is 85.1 Å². The third-order valence-electron chi connectivity index (χ3n) is 4.58. The number of rotatable bonds is 4. The third-order valence-corrected chi connectivity index (χ3v) is 4.58. The number of H-pyrrole nitrogens is 1. The van der Waals surface area contributed by atoms with Crippen LogP contribution in [0.2, 0.25) is 0 Å². The Morgan fingerprint density at radius 1 is 0.621 bits per heavy atom. The fourth-order valence-electron chi connectivity index (χ4n) is 3.13. The average Bonchev–Trinajstić information content (AvgIpc) is 3.21. The van der Waals surface area contributed by atoms with Gasteiger partial charge in [0.2, 0.25) is 0 Å². The van der Waals surface area contributed by atoms with Gasteiger partial charge in [-0.3, -0.25) is 25.2 Å². The molecule has 1 aromatic heterocycles. The summed E-state index contributed by atoms with van der Waals surface area (Å²) >= 11 is 0. The molecule has 6 nitrogen and oxygen atoms in total. The Labute approximate surface area is 166 Å². The van der Waals surface area contributed by atoms with E-state index in [0.717, 1.165) is 10.9 Å². The smallest absolute Gasteiger partial charge is 0.271 e. The Morgan fingerprint density at radius 2 is 1.21 bits per heavy atom. The number of carbonyl (C=O) groups excluding carboxylic acids is 3. The second-order valence-corrected chi connectivity index (χ2v) is 6.40. The molecule has 3 N–H and O–H groups in total. The largest absolute Gasteiger partial charge is 0.360 e. The first-order chi connectivity index (χ1) is 14.1. The molecule has 4 aromatic rings. The summed E-state index contributed by atoms with van der Waals surface area (Å²) in [6.45, 7) is 0. The predicted molar refractivity (Wildman–Crippen MR) is 110 cm³/mol. The van der Waals surface area contributed by atoms with Crippen LogP contribution in [0.1, 0.15) is 36.6 Å². The van der Waals surface area contributed by atoms with Crippen molar-refractivity contribution < 1.29 is 14.4 Å². The first-order valence-corrected chi connectivity index (χ1v) is 9.01. The van der Waals surface area contributed by atoms with Gasteiger partial charge in [0.05, 0.1) is 11.1 Å². The molecule has 0 saturated heterocycles. The molecule has 142 valence electrons. The van der Waals surface area contributed by atoms with Gasteiger partial charge in [0.25, 0.3) is 11.8 Å². The number of benzene rings is 3.